The van der Waals surface area contributed by atoms with Crippen LogP contribution in [0.15, 0.2) is 30.3 Å². The Kier molecular flexibility index (Phi) is 8.26. The van der Waals surface area contributed by atoms with Gasteiger partial charge in [-0.2, -0.15) is 0 Å². The molecule has 22 heavy (non-hydrogen) atoms. The molecule has 4 heteroatoms. The quantitative estimate of drug-likeness (QED) is 0.762. The summed E-state index contributed by atoms with van der Waals surface area (Å²) >= 11 is 0. The first-order valence-electron chi connectivity index (χ1n) is 8.05. The molecule has 4 nitrogen and oxygen atoms in total. The molecule has 0 saturated carbocycles. The zero-order chi connectivity index (χ0) is 16.4. The van der Waals surface area contributed by atoms with Crippen LogP contribution in [0.5, 0.6) is 0 Å². The van der Waals surface area contributed by atoms with Gasteiger partial charge in [0.15, 0.2) is 0 Å². The summed E-state index contributed by atoms with van der Waals surface area (Å²) in [6.07, 6.45) is 2.16. The van der Waals surface area contributed by atoms with E-state index in [-0.39, 0.29) is 11.8 Å². The number of hydrogen-bond acceptors (Lipinski definition) is 2. The fourth-order valence-corrected chi connectivity index (χ4v) is 2.16. The lowest BCUT2D eigenvalue weighted by Crippen LogP contribution is -2.35. The van der Waals surface area contributed by atoms with Crippen molar-refractivity contribution in [2.45, 2.75) is 40.0 Å². The average Bonchev–Trinajstić information content (AvgIpc) is 2.47. The van der Waals surface area contributed by atoms with E-state index in [9.17, 15) is 9.59 Å². The van der Waals surface area contributed by atoms with Crippen LogP contribution in [0.25, 0.3) is 0 Å². The Morgan fingerprint density at radius 2 is 1.82 bits per heavy atom. The van der Waals surface area contributed by atoms with Gasteiger partial charge < -0.3 is 10.2 Å². The second-order valence-electron chi connectivity index (χ2n) is 6.02. The maximum Gasteiger partial charge on any atom is 0.221 e. The van der Waals surface area contributed by atoms with Gasteiger partial charge in [-0.15, -0.1) is 0 Å². The molecular weight excluding hydrogens is 276 g/mol. The molecule has 1 aromatic rings. The summed E-state index contributed by atoms with van der Waals surface area (Å²) in [6, 6.07) is 10.1. The molecule has 1 rings (SSSR count). The van der Waals surface area contributed by atoms with Gasteiger partial charge in [0.1, 0.15) is 0 Å². The molecule has 0 atom stereocenters. The van der Waals surface area contributed by atoms with E-state index in [1.807, 2.05) is 18.2 Å². The molecule has 0 saturated heterocycles. The number of hydrogen-bond donors (Lipinski definition) is 1. The van der Waals surface area contributed by atoms with E-state index in [0.717, 1.165) is 12.8 Å². The summed E-state index contributed by atoms with van der Waals surface area (Å²) in [5.74, 6) is 0.623. The first kappa shape index (κ1) is 18.2. The molecule has 0 fully saturated rings. The van der Waals surface area contributed by atoms with Crippen LogP contribution >= 0.6 is 0 Å². The van der Waals surface area contributed by atoms with Gasteiger partial charge in [0.25, 0.3) is 0 Å². The van der Waals surface area contributed by atoms with Gasteiger partial charge in [-0.25, -0.2) is 0 Å². The molecule has 0 aromatic heterocycles. The number of carbonyl (C=O) groups excluding carboxylic acids is 2. The van der Waals surface area contributed by atoms with E-state index in [1.165, 1.54) is 5.56 Å². The predicted octanol–water partition coefficient (Wildman–Crippen LogP) is 2.63. The highest BCUT2D eigenvalue weighted by molar-refractivity contribution is 5.77. The maximum atomic E-state index is 11.8. The highest BCUT2D eigenvalue weighted by atomic mass is 16.2. The third kappa shape index (κ3) is 7.81. The van der Waals surface area contributed by atoms with E-state index in [0.29, 0.717) is 32.0 Å². The van der Waals surface area contributed by atoms with Crippen LogP contribution in [0.1, 0.15) is 39.2 Å². The third-order valence-corrected chi connectivity index (χ3v) is 3.61. The molecule has 0 radical (unpaired) electrons. The van der Waals surface area contributed by atoms with Crippen molar-refractivity contribution >= 4 is 11.8 Å². The Hall–Kier alpha value is -1.84. The lowest BCUT2D eigenvalue weighted by molar-refractivity contribution is -0.129. The molecule has 2 amide bonds. The normalized spacial score (nSPS) is 10.5. The largest absolute Gasteiger partial charge is 0.356 e. The summed E-state index contributed by atoms with van der Waals surface area (Å²) in [6.45, 7) is 7.66. The third-order valence-electron chi connectivity index (χ3n) is 3.61. The molecule has 122 valence electrons. The summed E-state index contributed by atoms with van der Waals surface area (Å²) < 4.78 is 0. The minimum atomic E-state index is 0.0194. The summed E-state index contributed by atoms with van der Waals surface area (Å²) in [5.41, 5.74) is 1.20. The van der Waals surface area contributed by atoms with Crippen molar-refractivity contribution in [3.63, 3.8) is 0 Å². The fourth-order valence-electron chi connectivity index (χ4n) is 2.16. The van der Waals surface area contributed by atoms with Crippen LogP contribution in [-0.4, -0.2) is 36.3 Å². The van der Waals surface area contributed by atoms with Crippen LogP contribution in [0.4, 0.5) is 0 Å². The smallest absolute Gasteiger partial charge is 0.221 e. The Morgan fingerprint density at radius 3 is 2.41 bits per heavy atom. The van der Waals surface area contributed by atoms with Crippen LogP contribution < -0.4 is 5.32 Å². The van der Waals surface area contributed by atoms with E-state index < -0.39 is 0 Å². The fraction of sp³-hybridized carbons (Fsp3) is 0.556. The molecule has 0 aliphatic heterocycles. The van der Waals surface area contributed by atoms with Crippen LogP contribution in [0.2, 0.25) is 0 Å². The van der Waals surface area contributed by atoms with Gasteiger partial charge in [-0.1, -0.05) is 44.2 Å². The van der Waals surface area contributed by atoms with E-state index in [1.54, 1.807) is 11.8 Å². The van der Waals surface area contributed by atoms with Gasteiger partial charge >= 0.3 is 0 Å². The number of nitrogens with zero attached hydrogens (tertiary/aromatic N) is 1. The topological polar surface area (TPSA) is 49.4 Å². The minimum Gasteiger partial charge on any atom is -0.356 e. The number of benzene rings is 1. The van der Waals surface area contributed by atoms with Gasteiger partial charge in [-0.05, 0) is 24.3 Å². The van der Waals surface area contributed by atoms with Crippen molar-refractivity contribution in [1.29, 1.82) is 0 Å². The van der Waals surface area contributed by atoms with Crippen molar-refractivity contribution in [2.24, 2.45) is 5.92 Å². The lowest BCUT2D eigenvalue weighted by Gasteiger charge is -2.21. The number of rotatable bonds is 9. The summed E-state index contributed by atoms with van der Waals surface area (Å²) in [7, 11) is 0. The molecular formula is C18H28N2O2. The average molecular weight is 304 g/mol. The first-order chi connectivity index (χ1) is 10.5. The van der Waals surface area contributed by atoms with Gasteiger partial charge in [0, 0.05) is 33.0 Å². The van der Waals surface area contributed by atoms with Crippen molar-refractivity contribution < 1.29 is 9.59 Å². The highest BCUT2D eigenvalue weighted by Gasteiger charge is 2.11. The van der Waals surface area contributed by atoms with Crippen molar-refractivity contribution in [1.82, 2.24) is 10.2 Å². The maximum absolute atomic E-state index is 11.8. The lowest BCUT2D eigenvalue weighted by atomic mass is 10.1. The van der Waals surface area contributed by atoms with Crippen LogP contribution in [0, 0.1) is 5.92 Å². The number of amides is 2. The monoisotopic (exact) mass is 304 g/mol. The van der Waals surface area contributed by atoms with Crippen molar-refractivity contribution in [3.05, 3.63) is 35.9 Å². The zero-order valence-corrected chi connectivity index (χ0v) is 14.0. The molecule has 0 aliphatic rings. The SMILES string of the molecule is CC(=O)N(CCC(=O)NCCC(C)C)CCc1ccccc1. The van der Waals surface area contributed by atoms with Gasteiger partial charge in [-0.3, -0.25) is 9.59 Å². The van der Waals surface area contributed by atoms with Crippen LogP contribution in [0.3, 0.4) is 0 Å². The Bertz CT molecular complexity index is 457. The molecule has 0 unspecified atom stereocenters. The van der Waals surface area contributed by atoms with Crippen molar-refractivity contribution in [3.8, 4) is 0 Å². The molecule has 0 bridgehead atoms. The second-order valence-corrected chi connectivity index (χ2v) is 6.02. The molecule has 0 aliphatic carbocycles. The van der Waals surface area contributed by atoms with E-state index in [2.05, 4.69) is 31.3 Å². The molecule has 1 aromatic carbocycles. The van der Waals surface area contributed by atoms with Crippen molar-refractivity contribution in [2.75, 3.05) is 19.6 Å². The highest BCUT2D eigenvalue weighted by Crippen LogP contribution is 2.03. The Labute approximate surface area is 133 Å². The molecule has 0 heterocycles. The van der Waals surface area contributed by atoms with Crippen LogP contribution in [-0.2, 0) is 16.0 Å². The summed E-state index contributed by atoms with van der Waals surface area (Å²) in [4.78, 5) is 25.2. The van der Waals surface area contributed by atoms with Gasteiger partial charge in [0.2, 0.25) is 11.8 Å². The molecule has 0 spiro atoms. The zero-order valence-electron chi connectivity index (χ0n) is 14.0. The van der Waals surface area contributed by atoms with E-state index >= 15 is 0 Å². The Balaban J connectivity index is 2.32. The molecule has 1 N–H and O–H groups in total. The summed E-state index contributed by atoms with van der Waals surface area (Å²) in [5, 5.41) is 2.91. The van der Waals surface area contributed by atoms with E-state index in [4.69, 9.17) is 0 Å². The predicted molar refractivity (Wildman–Crippen MR) is 89.5 cm³/mol. The number of carbonyl (C=O) groups is 2. The van der Waals surface area contributed by atoms with Gasteiger partial charge in [0.05, 0.1) is 0 Å². The second kappa shape index (κ2) is 9.98. The standard InChI is InChI=1S/C18H28N2O2/c1-15(2)9-12-19-18(22)11-14-20(16(3)21)13-10-17-7-5-4-6-8-17/h4-8,15H,9-14H2,1-3H3,(H,19,22). The minimum absolute atomic E-state index is 0.0194. The Morgan fingerprint density at radius 1 is 1.14 bits per heavy atom. The first-order valence-corrected chi connectivity index (χ1v) is 8.05. The number of nitrogens with one attached hydrogen (secondary N) is 1.